The molecule has 150 valence electrons. The van der Waals surface area contributed by atoms with Gasteiger partial charge in [-0.1, -0.05) is 23.7 Å². The first-order chi connectivity index (χ1) is 14.0. The van der Waals surface area contributed by atoms with Gasteiger partial charge in [-0.05, 0) is 31.2 Å². The summed E-state index contributed by atoms with van der Waals surface area (Å²) in [5, 5.41) is 13.3. The van der Waals surface area contributed by atoms with Crippen molar-refractivity contribution in [3.63, 3.8) is 0 Å². The lowest BCUT2D eigenvalue weighted by Crippen LogP contribution is -2.36. The number of benzene rings is 2. The van der Waals surface area contributed by atoms with Gasteiger partial charge >= 0.3 is 5.97 Å². The molecule has 0 radical (unpaired) electrons. The number of carboxylic acid groups (broad SMARTS) is 1. The fourth-order valence-corrected chi connectivity index (χ4v) is 3.70. The zero-order valence-electron chi connectivity index (χ0n) is 15.9. The van der Waals surface area contributed by atoms with E-state index in [1.807, 2.05) is 13.0 Å². The molecule has 0 saturated carbocycles. The number of nitrogens with one attached hydrogen (secondary N) is 1. The summed E-state index contributed by atoms with van der Waals surface area (Å²) < 4.78 is 5.42. The van der Waals surface area contributed by atoms with Crippen molar-refractivity contribution in [2.24, 2.45) is 0 Å². The molecule has 3 aromatic rings. The molecule has 0 bridgehead atoms. The number of anilines is 2. The van der Waals surface area contributed by atoms with Crippen LogP contribution in [0.2, 0.25) is 5.02 Å². The highest BCUT2D eigenvalue weighted by Crippen LogP contribution is 2.30. The summed E-state index contributed by atoms with van der Waals surface area (Å²) in [4.78, 5) is 23.1. The lowest BCUT2D eigenvalue weighted by atomic mass is 10.0. The molecule has 2 aromatic carbocycles. The van der Waals surface area contributed by atoms with Crippen molar-refractivity contribution < 1.29 is 14.6 Å². The summed E-state index contributed by atoms with van der Waals surface area (Å²) in [6.45, 7) is 4.81. The number of morpholine rings is 1. The van der Waals surface area contributed by atoms with E-state index >= 15 is 0 Å². The van der Waals surface area contributed by atoms with Crippen molar-refractivity contribution in [3.8, 4) is 0 Å². The van der Waals surface area contributed by atoms with Crippen LogP contribution < -0.4 is 10.2 Å². The highest BCUT2D eigenvalue weighted by atomic mass is 35.5. The third kappa shape index (κ3) is 4.11. The number of carbonyl (C=O) groups is 1. The van der Waals surface area contributed by atoms with Gasteiger partial charge in [-0.2, -0.15) is 0 Å². The molecular formula is C21H21ClN4O3. The summed E-state index contributed by atoms with van der Waals surface area (Å²) in [5.74, 6) is -0.187. The van der Waals surface area contributed by atoms with Gasteiger partial charge in [0.1, 0.15) is 5.82 Å². The number of carboxylic acids is 1. The van der Waals surface area contributed by atoms with Gasteiger partial charge in [0, 0.05) is 29.4 Å². The molecule has 1 atom stereocenters. The van der Waals surface area contributed by atoms with E-state index in [1.54, 1.807) is 36.5 Å². The SMILES string of the molecule is CC(Nc1ccccc1C(=O)O)c1cc(Cl)cc2ncc(N3CCOCC3)nc12. The second-order valence-corrected chi connectivity index (χ2v) is 7.34. The predicted octanol–water partition coefficient (Wildman–Crippen LogP) is 3.99. The number of rotatable bonds is 5. The maximum Gasteiger partial charge on any atom is 0.337 e. The zero-order valence-corrected chi connectivity index (χ0v) is 16.7. The summed E-state index contributed by atoms with van der Waals surface area (Å²) in [6, 6.07) is 10.2. The quantitative estimate of drug-likeness (QED) is 0.655. The Morgan fingerprint density at radius 1 is 1.28 bits per heavy atom. The first kappa shape index (κ1) is 19.4. The molecule has 2 heterocycles. The van der Waals surface area contributed by atoms with Gasteiger partial charge in [-0.25, -0.2) is 9.78 Å². The van der Waals surface area contributed by atoms with Crippen LogP contribution in [0.15, 0.2) is 42.6 Å². The van der Waals surface area contributed by atoms with Gasteiger partial charge in [0.25, 0.3) is 0 Å². The van der Waals surface area contributed by atoms with Crippen LogP contribution in [0, 0.1) is 0 Å². The number of aromatic carboxylic acids is 1. The Bertz CT molecular complexity index is 1050. The second kappa shape index (κ2) is 8.23. The lowest BCUT2D eigenvalue weighted by molar-refractivity contribution is 0.0698. The Kier molecular flexibility index (Phi) is 5.51. The number of para-hydroxylation sites is 1. The van der Waals surface area contributed by atoms with Gasteiger partial charge in [-0.15, -0.1) is 0 Å². The van der Waals surface area contributed by atoms with Crippen molar-refractivity contribution >= 4 is 40.1 Å². The molecule has 1 aromatic heterocycles. The standard InChI is InChI=1S/C21H21ClN4O3/c1-13(24-17-5-3-2-4-15(17)21(27)28)16-10-14(22)11-18-20(16)25-19(12-23-18)26-6-8-29-9-7-26/h2-5,10-13,24H,6-9H2,1H3,(H,27,28). The van der Waals surface area contributed by atoms with E-state index < -0.39 is 5.97 Å². The predicted molar refractivity (Wildman–Crippen MR) is 113 cm³/mol. The Labute approximate surface area is 173 Å². The molecule has 0 spiro atoms. The Hall–Kier alpha value is -2.90. The van der Waals surface area contributed by atoms with Crippen LogP contribution in [-0.2, 0) is 4.74 Å². The molecule has 1 aliphatic heterocycles. The number of aromatic nitrogens is 2. The fraction of sp³-hybridized carbons (Fsp3) is 0.286. The molecule has 7 nitrogen and oxygen atoms in total. The van der Waals surface area contributed by atoms with E-state index in [4.69, 9.17) is 21.3 Å². The highest BCUT2D eigenvalue weighted by molar-refractivity contribution is 6.31. The fourth-order valence-electron chi connectivity index (χ4n) is 3.48. The summed E-state index contributed by atoms with van der Waals surface area (Å²) >= 11 is 6.32. The van der Waals surface area contributed by atoms with E-state index in [9.17, 15) is 9.90 Å². The van der Waals surface area contributed by atoms with E-state index in [2.05, 4.69) is 15.2 Å². The van der Waals surface area contributed by atoms with Gasteiger partial charge in [0.05, 0.1) is 42.0 Å². The number of hydrogen-bond acceptors (Lipinski definition) is 6. The third-order valence-electron chi connectivity index (χ3n) is 4.96. The van der Waals surface area contributed by atoms with E-state index in [-0.39, 0.29) is 11.6 Å². The average Bonchev–Trinajstić information content (AvgIpc) is 2.73. The van der Waals surface area contributed by atoms with Crippen LogP contribution in [0.1, 0.15) is 28.9 Å². The van der Waals surface area contributed by atoms with Crippen molar-refractivity contribution in [1.82, 2.24) is 9.97 Å². The normalized spacial score (nSPS) is 15.3. The zero-order chi connectivity index (χ0) is 20.4. The average molecular weight is 413 g/mol. The van der Waals surface area contributed by atoms with Gasteiger partial charge in [-0.3, -0.25) is 4.98 Å². The summed E-state index contributed by atoms with van der Waals surface area (Å²) in [5.41, 5.74) is 3.05. The molecule has 1 aliphatic rings. The van der Waals surface area contributed by atoms with Gasteiger partial charge < -0.3 is 20.1 Å². The van der Waals surface area contributed by atoms with Crippen LogP contribution in [0.4, 0.5) is 11.5 Å². The van der Waals surface area contributed by atoms with Gasteiger partial charge in [0.15, 0.2) is 0 Å². The maximum absolute atomic E-state index is 11.5. The van der Waals surface area contributed by atoms with Crippen LogP contribution in [0.3, 0.4) is 0 Å². The van der Waals surface area contributed by atoms with Gasteiger partial charge in [0.2, 0.25) is 0 Å². The first-order valence-corrected chi connectivity index (χ1v) is 9.78. The molecule has 1 fully saturated rings. The molecular weight excluding hydrogens is 392 g/mol. The Morgan fingerprint density at radius 2 is 2.03 bits per heavy atom. The molecule has 29 heavy (non-hydrogen) atoms. The lowest BCUT2D eigenvalue weighted by Gasteiger charge is -2.28. The largest absolute Gasteiger partial charge is 0.478 e. The number of halogens is 1. The van der Waals surface area contributed by atoms with E-state index in [0.29, 0.717) is 29.4 Å². The van der Waals surface area contributed by atoms with Crippen LogP contribution in [-0.4, -0.2) is 47.3 Å². The Morgan fingerprint density at radius 3 is 2.79 bits per heavy atom. The van der Waals surface area contributed by atoms with Crippen LogP contribution >= 0.6 is 11.6 Å². The van der Waals surface area contributed by atoms with Crippen LogP contribution in [0.5, 0.6) is 0 Å². The number of fused-ring (bicyclic) bond motifs is 1. The molecule has 8 heteroatoms. The van der Waals surface area contributed by atoms with Crippen LogP contribution in [0.25, 0.3) is 11.0 Å². The summed E-state index contributed by atoms with van der Waals surface area (Å²) in [7, 11) is 0. The molecule has 4 rings (SSSR count). The van der Waals surface area contributed by atoms with E-state index in [1.165, 1.54) is 0 Å². The maximum atomic E-state index is 11.5. The van der Waals surface area contributed by atoms with Crippen molar-refractivity contribution in [2.45, 2.75) is 13.0 Å². The number of hydrogen-bond donors (Lipinski definition) is 2. The van der Waals surface area contributed by atoms with Crippen molar-refractivity contribution in [1.29, 1.82) is 0 Å². The summed E-state index contributed by atoms with van der Waals surface area (Å²) in [6.07, 6.45) is 1.76. The molecule has 2 N–H and O–H groups in total. The highest BCUT2D eigenvalue weighted by Gasteiger charge is 2.19. The molecule has 0 aliphatic carbocycles. The second-order valence-electron chi connectivity index (χ2n) is 6.91. The Balaban J connectivity index is 1.72. The topological polar surface area (TPSA) is 87.6 Å². The number of nitrogens with zero attached hydrogens (tertiary/aromatic N) is 3. The van der Waals surface area contributed by atoms with E-state index in [0.717, 1.165) is 30.0 Å². The smallest absolute Gasteiger partial charge is 0.337 e. The molecule has 1 saturated heterocycles. The molecule has 0 amide bonds. The first-order valence-electron chi connectivity index (χ1n) is 9.40. The molecule has 1 unspecified atom stereocenters. The van der Waals surface area contributed by atoms with Crippen molar-refractivity contribution in [2.75, 3.05) is 36.5 Å². The third-order valence-corrected chi connectivity index (χ3v) is 5.18. The minimum Gasteiger partial charge on any atom is -0.478 e. The monoisotopic (exact) mass is 412 g/mol. The van der Waals surface area contributed by atoms with Crippen molar-refractivity contribution in [3.05, 3.63) is 58.7 Å². The minimum atomic E-state index is -0.981. The number of ether oxygens (including phenoxy) is 1. The minimum absolute atomic E-state index is 0.214.